The number of carbonyl (C=O) groups is 5. The molecular weight excluding hydrogens is 576 g/mol. The maximum Gasteiger partial charge on any atom is 0.407 e. The van der Waals surface area contributed by atoms with Crippen LogP contribution in [0.5, 0.6) is 0 Å². The predicted molar refractivity (Wildman–Crippen MR) is 170 cm³/mol. The third kappa shape index (κ3) is 12.7. The average Bonchev–Trinajstić information content (AvgIpc) is 2.95. The molecule has 2 aliphatic rings. The summed E-state index contributed by atoms with van der Waals surface area (Å²) in [4.78, 5) is 64.0. The summed E-state index contributed by atoms with van der Waals surface area (Å²) in [6.45, 7) is 9.10. The smallest absolute Gasteiger partial charge is 0.407 e. The lowest BCUT2D eigenvalue weighted by Gasteiger charge is -2.33. The lowest BCUT2D eigenvalue weighted by Crippen LogP contribution is -2.52. The van der Waals surface area contributed by atoms with Gasteiger partial charge in [0.25, 0.3) is 0 Å². The minimum absolute atomic E-state index is 0.0503. The van der Waals surface area contributed by atoms with Crippen molar-refractivity contribution >= 4 is 29.8 Å². The van der Waals surface area contributed by atoms with Gasteiger partial charge in [0.15, 0.2) is 0 Å². The molecule has 4 N–H and O–H groups in total. The number of hydrogen-bond acceptors (Lipinski definition) is 7. The Morgan fingerprint density at radius 1 is 0.756 bits per heavy atom. The van der Waals surface area contributed by atoms with E-state index in [2.05, 4.69) is 21.3 Å². The SMILES string of the molecule is C[C@@H](CC(=O)OCc1ccccc1)NC(=O)[C@@H]1CCCC[C@@H]1NC(=O)C[C@H](C)NC(=O)[C@@H]1CCCC[C@@H]1NC(=O)OC(C)(C)C. The molecule has 0 bridgehead atoms. The number of benzene rings is 1. The van der Waals surface area contributed by atoms with Crippen LogP contribution >= 0.6 is 0 Å². The van der Waals surface area contributed by atoms with Crippen molar-refractivity contribution < 1.29 is 33.4 Å². The number of ether oxygens (including phenoxy) is 2. The Labute approximate surface area is 267 Å². The van der Waals surface area contributed by atoms with Gasteiger partial charge in [-0.3, -0.25) is 19.2 Å². The summed E-state index contributed by atoms with van der Waals surface area (Å²) in [5.74, 6) is -1.82. The Morgan fingerprint density at radius 3 is 1.82 bits per heavy atom. The lowest BCUT2D eigenvalue weighted by atomic mass is 9.83. The van der Waals surface area contributed by atoms with E-state index in [0.717, 1.165) is 31.2 Å². The molecule has 4 amide bonds. The van der Waals surface area contributed by atoms with Crippen LogP contribution in [0.1, 0.15) is 104 Å². The minimum Gasteiger partial charge on any atom is -0.461 e. The molecule has 2 aliphatic carbocycles. The van der Waals surface area contributed by atoms with Crippen molar-refractivity contribution in [2.45, 2.75) is 135 Å². The van der Waals surface area contributed by atoms with Gasteiger partial charge in [0.1, 0.15) is 12.2 Å². The number of amides is 4. The van der Waals surface area contributed by atoms with Crippen LogP contribution in [0.25, 0.3) is 0 Å². The summed E-state index contributed by atoms with van der Waals surface area (Å²) in [7, 11) is 0. The molecule has 11 heteroatoms. The maximum atomic E-state index is 13.2. The van der Waals surface area contributed by atoms with Crippen LogP contribution in [-0.2, 0) is 35.3 Å². The molecule has 0 aliphatic heterocycles. The molecule has 0 heterocycles. The van der Waals surface area contributed by atoms with Crippen LogP contribution < -0.4 is 21.3 Å². The molecule has 0 radical (unpaired) electrons. The van der Waals surface area contributed by atoms with Crippen LogP contribution in [0.15, 0.2) is 30.3 Å². The molecule has 250 valence electrons. The third-order valence-electron chi connectivity index (χ3n) is 8.24. The van der Waals surface area contributed by atoms with E-state index in [1.54, 1.807) is 34.6 Å². The Hall–Kier alpha value is -3.63. The second kappa shape index (κ2) is 17.2. The molecule has 6 atom stereocenters. The zero-order chi connectivity index (χ0) is 33.0. The van der Waals surface area contributed by atoms with E-state index in [-0.39, 0.29) is 49.3 Å². The van der Waals surface area contributed by atoms with Crippen molar-refractivity contribution in [2.24, 2.45) is 11.8 Å². The first kappa shape index (κ1) is 35.8. The van der Waals surface area contributed by atoms with E-state index in [9.17, 15) is 24.0 Å². The van der Waals surface area contributed by atoms with Crippen molar-refractivity contribution in [2.75, 3.05) is 0 Å². The zero-order valence-corrected chi connectivity index (χ0v) is 27.5. The zero-order valence-electron chi connectivity index (χ0n) is 27.5. The Bertz CT molecular complexity index is 1150. The summed E-state index contributed by atoms with van der Waals surface area (Å²) >= 11 is 0. The Kier molecular flexibility index (Phi) is 13.7. The van der Waals surface area contributed by atoms with Crippen molar-refractivity contribution in [3.05, 3.63) is 35.9 Å². The van der Waals surface area contributed by atoms with E-state index < -0.39 is 41.6 Å². The lowest BCUT2D eigenvalue weighted by molar-refractivity contribution is -0.145. The molecule has 45 heavy (non-hydrogen) atoms. The average molecular weight is 629 g/mol. The van der Waals surface area contributed by atoms with Crippen LogP contribution in [-0.4, -0.2) is 59.6 Å². The topological polar surface area (TPSA) is 152 Å². The predicted octanol–water partition coefficient (Wildman–Crippen LogP) is 4.28. The molecule has 2 saturated carbocycles. The van der Waals surface area contributed by atoms with E-state index in [1.165, 1.54) is 0 Å². The largest absolute Gasteiger partial charge is 0.461 e. The van der Waals surface area contributed by atoms with Gasteiger partial charge in [-0.25, -0.2) is 4.79 Å². The number of alkyl carbamates (subject to hydrolysis) is 1. The fraction of sp³-hybridized carbons (Fsp3) is 0.676. The number of carbonyl (C=O) groups excluding carboxylic acids is 5. The van der Waals surface area contributed by atoms with Gasteiger partial charge in [0, 0.05) is 30.6 Å². The summed E-state index contributed by atoms with van der Waals surface area (Å²) in [6.07, 6.45) is 5.81. The Morgan fingerprint density at radius 2 is 1.27 bits per heavy atom. The van der Waals surface area contributed by atoms with Gasteiger partial charge in [-0.1, -0.05) is 56.0 Å². The third-order valence-corrected chi connectivity index (χ3v) is 8.24. The standard InChI is InChI=1S/C34H52N4O7/c1-22(35-32(42)26-16-10-12-18-28(26)38-33(43)45-34(3,4)5)19-29(39)37-27-17-11-9-15-25(27)31(41)36-23(2)20-30(40)44-21-24-13-7-6-8-14-24/h6-8,13-14,22-23,25-28H,9-12,15-21H2,1-5H3,(H,35,42)(H,36,41)(H,37,39)(H,38,43)/t22-,23-,25+,26+,27-,28-/m0/s1. The summed E-state index contributed by atoms with van der Waals surface area (Å²) in [5.41, 5.74) is 0.260. The van der Waals surface area contributed by atoms with E-state index >= 15 is 0 Å². The summed E-state index contributed by atoms with van der Waals surface area (Å²) in [6, 6.07) is 7.90. The number of hydrogen-bond donors (Lipinski definition) is 4. The quantitative estimate of drug-likeness (QED) is 0.252. The monoisotopic (exact) mass is 628 g/mol. The molecule has 11 nitrogen and oxygen atoms in total. The normalized spacial score (nSPS) is 23.0. The van der Waals surface area contributed by atoms with Crippen LogP contribution in [0, 0.1) is 11.8 Å². The second-order valence-corrected chi connectivity index (χ2v) is 13.6. The van der Waals surface area contributed by atoms with Gasteiger partial charge in [-0.15, -0.1) is 0 Å². The first-order valence-electron chi connectivity index (χ1n) is 16.4. The minimum atomic E-state index is -0.634. The maximum absolute atomic E-state index is 13.2. The highest BCUT2D eigenvalue weighted by atomic mass is 16.6. The Balaban J connectivity index is 1.45. The first-order valence-corrected chi connectivity index (χ1v) is 16.4. The highest BCUT2D eigenvalue weighted by Crippen LogP contribution is 2.27. The molecule has 0 spiro atoms. The number of esters is 1. The van der Waals surface area contributed by atoms with Crippen LogP contribution in [0.3, 0.4) is 0 Å². The number of rotatable bonds is 12. The highest BCUT2D eigenvalue weighted by molar-refractivity contribution is 5.84. The van der Waals surface area contributed by atoms with E-state index in [1.807, 2.05) is 30.3 Å². The molecule has 0 aromatic heterocycles. The van der Waals surface area contributed by atoms with Crippen molar-refractivity contribution in [1.29, 1.82) is 0 Å². The van der Waals surface area contributed by atoms with Gasteiger partial charge >= 0.3 is 12.1 Å². The van der Waals surface area contributed by atoms with Crippen LogP contribution in [0.4, 0.5) is 4.79 Å². The molecular formula is C34H52N4O7. The van der Waals surface area contributed by atoms with Crippen molar-refractivity contribution in [3.8, 4) is 0 Å². The molecule has 1 aromatic rings. The fourth-order valence-corrected chi connectivity index (χ4v) is 6.09. The van der Waals surface area contributed by atoms with E-state index in [0.29, 0.717) is 25.7 Å². The van der Waals surface area contributed by atoms with Gasteiger partial charge in [0.2, 0.25) is 17.7 Å². The molecule has 1 aromatic carbocycles. The van der Waals surface area contributed by atoms with Crippen molar-refractivity contribution in [3.63, 3.8) is 0 Å². The summed E-state index contributed by atoms with van der Waals surface area (Å²) < 4.78 is 10.7. The van der Waals surface area contributed by atoms with Crippen molar-refractivity contribution in [1.82, 2.24) is 21.3 Å². The molecule has 0 unspecified atom stereocenters. The molecule has 2 fully saturated rings. The number of nitrogens with one attached hydrogen (secondary N) is 4. The van der Waals surface area contributed by atoms with Gasteiger partial charge in [0.05, 0.1) is 18.3 Å². The first-order chi connectivity index (χ1) is 21.3. The molecule has 3 rings (SSSR count). The second-order valence-electron chi connectivity index (χ2n) is 13.6. The molecule has 0 saturated heterocycles. The highest BCUT2D eigenvalue weighted by Gasteiger charge is 2.35. The van der Waals surface area contributed by atoms with Crippen LogP contribution in [0.2, 0.25) is 0 Å². The van der Waals surface area contributed by atoms with E-state index in [4.69, 9.17) is 9.47 Å². The fourth-order valence-electron chi connectivity index (χ4n) is 6.09. The van der Waals surface area contributed by atoms with Gasteiger partial charge in [-0.05, 0) is 65.9 Å². The van der Waals surface area contributed by atoms with Gasteiger partial charge < -0.3 is 30.7 Å². The summed E-state index contributed by atoms with van der Waals surface area (Å²) in [5, 5.41) is 11.8. The van der Waals surface area contributed by atoms with Gasteiger partial charge in [-0.2, -0.15) is 0 Å².